The summed E-state index contributed by atoms with van der Waals surface area (Å²) >= 11 is 5.62. The fourth-order valence-electron chi connectivity index (χ4n) is 1.09. The van der Waals surface area contributed by atoms with Gasteiger partial charge in [0.05, 0.1) is 18.5 Å². The van der Waals surface area contributed by atoms with Crippen LogP contribution in [0, 0.1) is 10.1 Å². The molecule has 17 heavy (non-hydrogen) atoms. The molecule has 1 aromatic rings. The average molecular weight is 260 g/mol. The largest absolute Gasteiger partial charge is 0.469 e. The molecule has 7 nitrogen and oxygen atoms in total. The fourth-order valence-corrected chi connectivity index (χ4v) is 1.24. The maximum absolute atomic E-state index is 10.8. The molecule has 0 saturated carbocycles. The van der Waals surface area contributed by atoms with Crippen LogP contribution in [-0.4, -0.2) is 29.5 Å². The molecule has 1 aromatic heterocycles. The lowest BCUT2D eigenvalue weighted by Gasteiger charge is -2.05. The molecule has 0 amide bonds. The number of nitro groups is 1. The van der Waals surface area contributed by atoms with Crippen molar-refractivity contribution in [3.8, 4) is 0 Å². The van der Waals surface area contributed by atoms with E-state index in [0.717, 1.165) is 0 Å². The van der Waals surface area contributed by atoms with Crippen LogP contribution < -0.4 is 5.32 Å². The SMILES string of the molecule is COC(=O)CCNc1nc(Cl)ccc1[N+](=O)[O-]. The second-order valence-corrected chi connectivity index (χ2v) is 3.40. The molecule has 0 unspecified atom stereocenters. The number of carbonyl (C=O) groups is 1. The minimum atomic E-state index is -0.580. The predicted octanol–water partition coefficient (Wildman–Crippen LogP) is 1.62. The predicted molar refractivity (Wildman–Crippen MR) is 61.0 cm³/mol. The standard InChI is InChI=1S/C9H10ClN3O4/c1-17-8(14)4-5-11-9-6(13(15)16)2-3-7(10)12-9/h2-3H,4-5H2,1H3,(H,11,12). The van der Waals surface area contributed by atoms with Crippen molar-refractivity contribution in [3.63, 3.8) is 0 Å². The number of hydrogen-bond acceptors (Lipinski definition) is 6. The molecule has 0 aromatic carbocycles. The molecule has 0 aliphatic rings. The molecular weight excluding hydrogens is 250 g/mol. The van der Waals surface area contributed by atoms with Gasteiger partial charge in [-0.25, -0.2) is 4.98 Å². The van der Waals surface area contributed by atoms with Gasteiger partial charge in [0.15, 0.2) is 0 Å². The first-order valence-electron chi connectivity index (χ1n) is 4.66. The van der Waals surface area contributed by atoms with Crippen LogP contribution in [0.15, 0.2) is 12.1 Å². The highest BCUT2D eigenvalue weighted by atomic mass is 35.5. The van der Waals surface area contributed by atoms with Crippen molar-refractivity contribution in [3.05, 3.63) is 27.4 Å². The van der Waals surface area contributed by atoms with Gasteiger partial charge in [-0.2, -0.15) is 0 Å². The summed E-state index contributed by atoms with van der Waals surface area (Å²) in [6.45, 7) is 0.181. The lowest BCUT2D eigenvalue weighted by atomic mass is 10.3. The van der Waals surface area contributed by atoms with Crippen LogP contribution in [0.25, 0.3) is 0 Å². The Bertz CT molecular complexity index is 438. The Morgan fingerprint density at radius 1 is 1.65 bits per heavy atom. The maximum atomic E-state index is 10.8. The van der Waals surface area contributed by atoms with E-state index in [-0.39, 0.29) is 29.6 Å². The number of hydrogen-bond donors (Lipinski definition) is 1. The zero-order chi connectivity index (χ0) is 12.8. The molecule has 0 spiro atoms. The molecule has 0 radical (unpaired) electrons. The van der Waals surface area contributed by atoms with E-state index >= 15 is 0 Å². The highest BCUT2D eigenvalue weighted by Gasteiger charge is 2.15. The number of carbonyl (C=O) groups excluding carboxylic acids is 1. The summed E-state index contributed by atoms with van der Waals surface area (Å²) < 4.78 is 4.43. The van der Waals surface area contributed by atoms with E-state index in [4.69, 9.17) is 11.6 Å². The third kappa shape index (κ3) is 3.87. The molecule has 0 aliphatic carbocycles. The molecule has 0 atom stereocenters. The van der Waals surface area contributed by atoms with Crippen LogP contribution in [0.1, 0.15) is 6.42 Å². The van der Waals surface area contributed by atoms with Crippen LogP contribution >= 0.6 is 11.6 Å². The number of halogens is 1. The minimum Gasteiger partial charge on any atom is -0.469 e. The molecule has 1 rings (SSSR count). The van der Waals surface area contributed by atoms with Gasteiger partial charge in [0.1, 0.15) is 5.15 Å². The Morgan fingerprint density at radius 2 is 2.35 bits per heavy atom. The normalized spacial score (nSPS) is 9.76. The third-order valence-corrected chi connectivity index (χ3v) is 2.10. The van der Waals surface area contributed by atoms with Crippen LogP contribution in [0.4, 0.5) is 11.5 Å². The van der Waals surface area contributed by atoms with Crippen LogP contribution in [0.5, 0.6) is 0 Å². The molecule has 0 saturated heterocycles. The minimum absolute atomic E-state index is 0.0337. The van der Waals surface area contributed by atoms with E-state index in [1.165, 1.54) is 19.2 Å². The van der Waals surface area contributed by atoms with Gasteiger partial charge in [0.2, 0.25) is 5.82 Å². The Labute approximate surface area is 102 Å². The maximum Gasteiger partial charge on any atom is 0.311 e. The van der Waals surface area contributed by atoms with Gasteiger partial charge in [-0.05, 0) is 6.07 Å². The van der Waals surface area contributed by atoms with Gasteiger partial charge in [0, 0.05) is 12.6 Å². The molecule has 0 bridgehead atoms. The third-order valence-electron chi connectivity index (χ3n) is 1.89. The molecule has 0 aliphatic heterocycles. The molecule has 0 fully saturated rings. The summed E-state index contributed by atoms with van der Waals surface area (Å²) in [5.41, 5.74) is -0.195. The molecule has 1 heterocycles. The van der Waals surface area contributed by atoms with Gasteiger partial charge < -0.3 is 10.1 Å². The van der Waals surface area contributed by atoms with Gasteiger partial charge in [-0.15, -0.1) is 0 Å². The Balaban J connectivity index is 2.72. The number of esters is 1. The van der Waals surface area contributed by atoms with E-state index in [2.05, 4.69) is 15.0 Å². The summed E-state index contributed by atoms with van der Waals surface area (Å²) in [6, 6.07) is 2.57. The van der Waals surface area contributed by atoms with Gasteiger partial charge in [-0.3, -0.25) is 14.9 Å². The quantitative estimate of drug-likeness (QED) is 0.374. The Kier molecular flexibility index (Phi) is 4.65. The lowest BCUT2D eigenvalue weighted by molar-refractivity contribution is -0.384. The fraction of sp³-hybridized carbons (Fsp3) is 0.333. The summed E-state index contributed by atoms with van der Waals surface area (Å²) in [5.74, 6) is -0.381. The molecule has 8 heteroatoms. The summed E-state index contributed by atoms with van der Waals surface area (Å²) in [7, 11) is 1.27. The second kappa shape index (κ2) is 6.00. The van der Waals surface area contributed by atoms with Gasteiger partial charge >= 0.3 is 11.7 Å². The van der Waals surface area contributed by atoms with E-state index in [9.17, 15) is 14.9 Å². The van der Waals surface area contributed by atoms with Crippen LogP contribution in [0.3, 0.4) is 0 Å². The van der Waals surface area contributed by atoms with E-state index in [1.54, 1.807) is 0 Å². The number of anilines is 1. The zero-order valence-corrected chi connectivity index (χ0v) is 9.73. The summed E-state index contributed by atoms with van der Waals surface area (Å²) in [5, 5.41) is 13.5. The smallest absolute Gasteiger partial charge is 0.311 e. The summed E-state index contributed by atoms with van der Waals surface area (Å²) in [6.07, 6.45) is 0.0852. The van der Waals surface area contributed by atoms with Crippen molar-refractivity contribution in [1.82, 2.24) is 4.98 Å². The van der Waals surface area contributed by atoms with Crippen molar-refractivity contribution in [2.45, 2.75) is 6.42 Å². The number of methoxy groups -OCH3 is 1. The van der Waals surface area contributed by atoms with Crippen molar-refractivity contribution < 1.29 is 14.5 Å². The van der Waals surface area contributed by atoms with Crippen molar-refractivity contribution in [1.29, 1.82) is 0 Å². The number of ether oxygens (including phenoxy) is 1. The second-order valence-electron chi connectivity index (χ2n) is 3.01. The number of pyridine rings is 1. The molecule has 1 N–H and O–H groups in total. The number of aromatic nitrogens is 1. The highest BCUT2D eigenvalue weighted by Crippen LogP contribution is 2.23. The van der Waals surface area contributed by atoms with Gasteiger partial charge in [0.25, 0.3) is 0 Å². The van der Waals surface area contributed by atoms with E-state index < -0.39 is 10.9 Å². The first kappa shape index (κ1) is 13.2. The van der Waals surface area contributed by atoms with Crippen LogP contribution in [0.2, 0.25) is 5.15 Å². The van der Waals surface area contributed by atoms with Crippen molar-refractivity contribution >= 4 is 29.1 Å². The van der Waals surface area contributed by atoms with Gasteiger partial charge in [-0.1, -0.05) is 11.6 Å². The van der Waals surface area contributed by atoms with E-state index in [1.807, 2.05) is 0 Å². The lowest BCUT2D eigenvalue weighted by Crippen LogP contribution is -2.11. The Hall–Kier alpha value is -1.89. The first-order valence-corrected chi connectivity index (χ1v) is 5.04. The number of nitrogens with one attached hydrogen (secondary N) is 1. The number of rotatable bonds is 5. The Morgan fingerprint density at radius 3 is 2.94 bits per heavy atom. The van der Waals surface area contributed by atoms with Crippen molar-refractivity contribution in [2.24, 2.45) is 0 Å². The zero-order valence-electron chi connectivity index (χ0n) is 8.97. The van der Waals surface area contributed by atoms with E-state index in [0.29, 0.717) is 0 Å². The van der Waals surface area contributed by atoms with Crippen molar-refractivity contribution in [2.75, 3.05) is 19.0 Å². The monoisotopic (exact) mass is 259 g/mol. The average Bonchev–Trinajstić information content (AvgIpc) is 2.28. The molecule has 92 valence electrons. The number of nitrogens with zero attached hydrogens (tertiary/aromatic N) is 2. The van der Waals surface area contributed by atoms with Crippen LogP contribution in [-0.2, 0) is 9.53 Å². The first-order chi connectivity index (χ1) is 8.04. The molecular formula is C9H10ClN3O4. The summed E-state index contributed by atoms with van der Waals surface area (Å²) in [4.78, 5) is 24.7. The highest BCUT2D eigenvalue weighted by molar-refractivity contribution is 6.29. The topological polar surface area (TPSA) is 94.4 Å².